The Balaban J connectivity index is 1.09. The van der Waals surface area contributed by atoms with Gasteiger partial charge in [-0.2, -0.15) is 5.10 Å². The van der Waals surface area contributed by atoms with Gasteiger partial charge >= 0.3 is 0 Å². The lowest BCUT2D eigenvalue weighted by Gasteiger charge is -2.12. The highest BCUT2D eigenvalue weighted by Crippen LogP contribution is 2.41. The molecule has 0 bridgehead atoms. The van der Waals surface area contributed by atoms with Crippen LogP contribution in [0.5, 0.6) is 0 Å². The van der Waals surface area contributed by atoms with E-state index in [2.05, 4.69) is 156 Å². The van der Waals surface area contributed by atoms with Crippen molar-refractivity contribution in [2.45, 2.75) is 0 Å². The van der Waals surface area contributed by atoms with E-state index >= 15 is 0 Å². The van der Waals surface area contributed by atoms with E-state index < -0.39 is 0 Å². The van der Waals surface area contributed by atoms with Gasteiger partial charge in [0, 0.05) is 49.5 Å². The summed E-state index contributed by atoms with van der Waals surface area (Å²) in [5, 5.41) is 9.84. The van der Waals surface area contributed by atoms with E-state index in [1.165, 1.54) is 0 Å². The molecule has 0 fully saturated rings. The predicted molar refractivity (Wildman–Crippen MR) is 228 cm³/mol. The fourth-order valence-electron chi connectivity index (χ4n) is 7.98. The van der Waals surface area contributed by atoms with Crippen molar-refractivity contribution < 1.29 is 4.42 Å². The van der Waals surface area contributed by atoms with E-state index in [0.717, 1.165) is 99.9 Å². The molecule has 262 valence electrons. The number of benzene rings is 7. The second-order valence-corrected chi connectivity index (χ2v) is 14.0. The summed E-state index contributed by atoms with van der Waals surface area (Å²) >= 11 is 0. The quantitative estimate of drug-likeness (QED) is 0.172. The van der Waals surface area contributed by atoms with Crippen LogP contribution >= 0.6 is 0 Å². The number of pyridine rings is 1. The molecule has 0 atom stereocenters. The van der Waals surface area contributed by atoms with Crippen LogP contribution in [-0.2, 0) is 0 Å². The average Bonchev–Trinajstić information content (AvgIpc) is 3.87. The minimum Gasteiger partial charge on any atom is -0.455 e. The van der Waals surface area contributed by atoms with Gasteiger partial charge in [0.1, 0.15) is 16.9 Å². The summed E-state index contributed by atoms with van der Waals surface area (Å²) in [5.41, 5.74) is 13.6. The molecule has 0 N–H and O–H groups in total. The molecule has 4 aromatic heterocycles. The molecule has 5 heteroatoms. The molecule has 0 aliphatic rings. The third-order valence-electron chi connectivity index (χ3n) is 10.6. The van der Waals surface area contributed by atoms with Gasteiger partial charge in [0.2, 0.25) is 0 Å². The first-order valence-corrected chi connectivity index (χ1v) is 18.8. The van der Waals surface area contributed by atoms with Gasteiger partial charge in [-0.1, -0.05) is 170 Å². The molecule has 0 aliphatic heterocycles. The Kier molecular flexibility index (Phi) is 7.42. The Morgan fingerprint density at radius 1 is 0.429 bits per heavy atom. The van der Waals surface area contributed by atoms with E-state index in [4.69, 9.17) is 19.5 Å². The molecule has 5 nitrogen and oxygen atoms in total. The zero-order chi connectivity index (χ0) is 37.0. The molecular weight excluding hydrogens is 685 g/mol. The molecule has 11 rings (SSSR count). The van der Waals surface area contributed by atoms with Crippen LogP contribution in [0.3, 0.4) is 0 Å². The predicted octanol–water partition coefficient (Wildman–Crippen LogP) is 13.2. The number of hydrogen-bond donors (Lipinski definition) is 0. The van der Waals surface area contributed by atoms with E-state index in [0.29, 0.717) is 5.82 Å². The first-order valence-electron chi connectivity index (χ1n) is 18.8. The molecule has 0 aliphatic carbocycles. The number of para-hydroxylation sites is 2. The third kappa shape index (κ3) is 5.29. The number of rotatable bonds is 6. The number of nitrogens with zero attached hydrogens (tertiary/aromatic N) is 4. The summed E-state index contributed by atoms with van der Waals surface area (Å²) in [7, 11) is 0. The standard InChI is InChI=1S/C51H32N4O/c1-4-15-33(16-5-1)43-32-44(42-25-14-24-41-40-23-12-13-26-46(40)56-50(41)42)53-51(52-43)37-29-27-34(28-30-37)45-31-38-21-10-11-22-39(38)49-47(35-17-6-2-7-18-35)48(54-55(45)49)36-19-8-3-9-20-36/h1-32H. The molecule has 0 saturated heterocycles. The summed E-state index contributed by atoms with van der Waals surface area (Å²) in [6, 6.07) is 67.2. The van der Waals surface area contributed by atoms with Crippen LogP contribution in [0.4, 0.5) is 0 Å². The number of hydrogen-bond acceptors (Lipinski definition) is 4. The van der Waals surface area contributed by atoms with Gasteiger partial charge in [-0.05, 0) is 35.2 Å². The Morgan fingerprint density at radius 3 is 1.80 bits per heavy atom. The Bertz CT molecular complexity index is 3220. The summed E-state index contributed by atoms with van der Waals surface area (Å²) in [5.74, 6) is 0.640. The smallest absolute Gasteiger partial charge is 0.160 e. The van der Waals surface area contributed by atoms with Crippen molar-refractivity contribution >= 4 is 38.2 Å². The van der Waals surface area contributed by atoms with Crippen LogP contribution in [0.15, 0.2) is 199 Å². The summed E-state index contributed by atoms with van der Waals surface area (Å²) in [6.07, 6.45) is 0. The maximum Gasteiger partial charge on any atom is 0.160 e. The molecule has 0 amide bonds. The molecule has 0 radical (unpaired) electrons. The third-order valence-corrected chi connectivity index (χ3v) is 10.6. The fourth-order valence-corrected chi connectivity index (χ4v) is 7.98. The number of furan rings is 1. The van der Waals surface area contributed by atoms with Crippen molar-refractivity contribution in [1.29, 1.82) is 0 Å². The van der Waals surface area contributed by atoms with Crippen molar-refractivity contribution in [1.82, 2.24) is 19.6 Å². The number of aromatic nitrogens is 4. The summed E-state index contributed by atoms with van der Waals surface area (Å²) in [6.45, 7) is 0. The minimum atomic E-state index is 0.640. The van der Waals surface area contributed by atoms with E-state index in [9.17, 15) is 0 Å². The molecule has 4 heterocycles. The molecule has 11 aromatic rings. The van der Waals surface area contributed by atoms with Gasteiger partial charge in [-0.15, -0.1) is 0 Å². The molecule has 7 aromatic carbocycles. The monoisotopic (exact) mass is 716 g/mol. The van der Waals surface area contributed by atoms with Crippen molar-refractivity contribution in [2.24, 2.45) is 0 Å². The zero-order valence-electron chi connectivity index (χ0n) is 30.2. The maximum atomic E-state index is 6.46. The van der Waals surface area contributed by atoms with Crippen molar-refractivity contribution in [3.63, 3.8) is 0 Å². The molecule has 0 saturated carbocycles. The second kappa shape index (κ2) is 13.0. The second-order valence-electron chi connectivity index (χ2n) is 14.0. The fraction of sp³-hybridized carbons (Fsp3) is 0. The van der Waals surface area contributed by atoms with E-state index in [-0.39, 0.29) is 0 Å². The van der Waals surface area contributed by atoms with Gasteiger partial charge in [0.25, 0.3) is 0 Å². The molecule has 0 unspecified atom stereocenters. The van der Waals surface area contributed by atoms with Gasteiger partial charge in [-0.3, -0.25) is 0 Å². The van der Waals surface area contributed by atoms with Crippen molar-refractivity contribution in [2.75, 3.05) is 0 Å². The summed E-state index contributed by atoms with van der Waals surface area (Å²) < 4.78 is 8.58. The lowest BCUT2D eigenvalue weighted by Crippen LogP contribution is -1.97. The first-order chi connectivity index (χ1) is 27.8. The Morgan fingerprint density at radius 2 is 1.04 bits per heavy atom. The average molecular weight is 717 g/mol. The topological polar surface area (TPSA) is 56.2 Å². The maximum absolute atomic E-state index is 6.46. The van der Waals surface area contributed by atoms with E-state index in [1.54, 1.807) is 0 Å². The molecule has 0 spiro atoms. The van der Waals surface area contributed by atoms with Crippen LogP contribution in [0.25, 0.3) is 106 Å². The highest BCUT2D eigenvalue weighted by atomic mass is 16.3. The van der Waals surface area contributed by atoms with E-state index in [1.807, 2.05) is 42.5 Å². The molecule has 56 heavy (non-hydrogen) atoms. The van der Waals surface area contributed by atoms with Gasteiger partial charge in [0.05, 0.1) is 22.6 Å². The highest BCUT2D eigenvalue weighted by molar-refractivity contribution is 6.10. The molecular formula is C51H32N4O. The van der Waals surface area contributed by atoms with Crippen LogP contribution in [0, 0.1) is 0 Å². The highest BCUT2D eigenvalue weighted by Gasteiger charge is 2.22. The zero-order valence-corrected chi connectivity index (χ0v) is 30.2. The van der Waals surface area contributed by atoms with Crippen molar-refractivity contribution in [3.8, 4) is 67.5 Å². The van der Waals surface area contributed by atoms with Crippen molar-refractivity contribution in [3.05, 3.63) is 194 Å². The lowest BCUT2D eigenvalue weighted by atomic mass is 9.97. The summed E-state index contributed by atoms with van der Waals surface area (Å²) in [4.78, 5) is 10.3. The van der Waals surface area contributed by atoms with Gasteiger partial charge < -0.3 is 4.42 Å². The number of fused-ring (bicyclic) bond motifs is 6. The Hall–Kier alpha value is -7.63. The first kappa shape index (κ1) is 31.9. The van der Waals surface area contributed by atoms with Crippen LogP contribution in [0.1, 0.15) is 0 Å². The van der Waals surface area contributed by atoms with Crippen LogP contribution < -0.4 is 0 Å². The van der Waals surface area contributed by atoms with Gasteiger partial charge in [-0.25, -0.2) is 14.5 Å². The van der Waals surface area contributed by atoms with Gasteiger partial charge in [0.15, 0.2) is 5.82 Å². The SMILES string of the molecule is c1ccc(-c2cc(-c3cccc4c3oc3ccccc34)nc(-c3ccc(-c4cc5ccccc5c5c(-c6ccccc6)c(-c6ccccc6)nn45)cc3)n2)cc1. The normalized spacial score (nSPS) is 11.6. The lowest BCUT2D eigenvalue weighted by molar-refractivity contribution is 0.670. The van der Waals surface area contributed by atoms with Crippen LogP contribution in [-0.4, -0.2) is 19.6 Å². The largest absolute Gasteiger partial charge is 0.455 e. The van der Waals surface area contributed by atoms with Crippen LogP contribution in [0.2, 0.25) is 0 Å². The Labute approximate surface area is 322 Å². The minimum absolute atomic E-state index is 0.640.